The largest absolute Gasteiger partial charge is 0.393 e. The number of hydrogen-bond acceptors (Lipinski definition) is 3. The molecule has 0 aliphatic rings. The summed E-state index contributed by atoms with van der Waals surface area (Å²) >= 11 is 0. The lowest BCUT2D eigenvalue weighted by atomic mass is 9.82. The first kappa shape index (κ1) is 16.2. The monoisotopic (exact) mass is 265 g/mol. The van der Waals surface area contributed by atoms with Crippen molar-refractivity contribution in [2.24, 2.45) is 5.41 Å². The number of rotatable bonds is 7. The van der Waals surface area contributed by atoms with Crippen molar-refractivity contribution in [2.75, 3.05) is 20.1 Å². The first-order chi connectivity index (χ1) is 8.83. The van der Waals surface area contributed by atoms with E-state index in [1.165, 1.54) is 0 Å². The van der Waals surface area contributed by atoms with E-state index in [2.05, 4.69) is 18.7 Å². The van der Waals surface area contributed by atoms with Gasteiger partial charge in [0, 0.05) is 18.5 Å². The van der Waals surface area contributed by atoms with Crippen LogP contribution in [0.5, 0.6) is 0 Å². The first-order valence-corrected chi connectivity index (χ1v) is 6.92. The van der Waals surface area contributed by atoms with Gasteiger partial charge in [-0.25, -0.2) is 0 Å². The Bertz CT molecular complexity index is 362. The van der Waals surface area contributed by atoms with Crippen LogP contribution in [0.2, 0.25) is 0 Å². The predicted molar refractivity (Wildman–Crippen MR) is 79.0 cm³/mol. The van der Waals surface area contributed by atoms with Gasteiger partial charge < -0.3 is 15.1 Å². The number of aliphatic hydroxyl groups excluding tert-OH is 2. The Hall–Kier alpha value is -0.900. The highest BCUT2D eigenvalue weighted by molar-refractivity contribution is 5.19. The maximum Gasteiger partial charge on any atom is 0.0853 e. The van der Waals surface area contributed by atoms with Crippen molar-refractivity contribution >= 4 is 0 Å². The molecule has 0 aliphatic heterocycles. The van der Waals surface area contributed by atoms with Crippen LogP contribution < -0.4 is 0 Å². The fourth-order valence-corrected chi connectivity index (χ4v) is 2.35. The van der Waals surface area contributed by atoms with E-state index in [1.54, 1.807) is 6.92 Å². The highest BCUT2D eigenvalue weighted by Crippen LogP contribution is 2.33. The van der Waals surface area contributed by atoms with Crippen LogP contribution in [0.3, 0.4) is 0 Å². The summed E-state index contributed by atoms with van der Waals surface area (Å²) in [6.07, 6.45) is 0.000827. The van der Waals surface area contributed by atoms with Crippen LogP contribution in [0.25, 0.3) is 0 Å². The molecule has 0 fully saturated rings. The molecule has 3 nitrogen and oxygen atoms in total. The van der Waals surface area contributed by atoms with Crippen molar-refractivity contribution in [1.82, 2.24) is 4.90 Å². The molecule has 108 valence electrons. The van der Waals surface area contributed by atoms with Gasteiger partial charge in [0.05, 0.1) is 12.2 Å². The summed E-state index contributed by atoms with van der Waals surface area (Å²) in [6, 6.07) is 9.78. The van der Waals surface area contributed by atoms with Gasteiger partial charge in [-0.3, -0.25) is 0 Å². The van der Waals surface area contributed by atoms with Gasteiger partial charge in [0.25, 0.3) is 0 Å². The van der Waals surface area contributed by atoms with Crippen molar-refractivity contribution in [1.29, 1.82) is 0 Å². The molecular weight excluding hydrogens is 238 g/mol. The smallest absolute Gasteiger partial charge is 0.0853 e. The normalized spacial score (nSPS) is 15.5. The van der Waals surface area contributed by atoms with Gasteiger partial charge in [0.15, 0.2) is 0 Å². The predicted octanol–water partition coefficient (Wildman–Crippen LogP) is 2.45. The fourth-order valence-electron chi connectivity index (χ4n) is 2.35. The molecular formula is C16H27NO2. The Balaban J connectivity index is 2.59. The summed E-state index contributed by atoms with van der Waals surface area (Å²) in [5.41, 5.74) is 0.728. The van der Waals surface area contributed by atoms with Crippen LogP contribution in [0.15, 0.2) is 30.3 Å². The lowest BCUT2D eigenvalue weighted by molar-refractivity contribution is 0.0234. The fraction of sp³-hybridized carbons (Fsp3) is 0.625. The van der Waals surface area contributed by atoms with Gasteiger partial charge in [0.1, 0.15) is 0 Å². The Morgan fingerprint density at radius 3 is 2.26 bits per heavy atom. The molecule has 2 atom stereocenters. The quantitative estimate of drug-likeness (QED) is 0.796. The van der Waals surface area contributed by atoms with E-state index >= 15 is 0 Å². The molecule has 3 heteroatoms. The molecule has 0 aromatic heterocycles. The molecule has 0 aliphatic carbocycles. The van der Waals surface area contributed by atoms with E-state index in [1.807, 2.05) is 37.4 Å². The lowest BCUT2D eigenvalue weighted by Crippen LogP contribution is -2.37. The topological polar surface area (TPSA) is 43.7 Å². The third-order valence-electron chi connectivity index (χ3n) is 3.46. The summed E-state index contributed by atoms with van der Waals surface area (Å²) in [4.78, 5) is 2.17. The SMILES string of the molecule is CC(O)CCN(C)CC(C)(C)C(O)c1ccccc1. The Kier molecular flexibility index (Phi) is 5.98. The second-order valence-corrected chi connectivity index (χ2v) is 6.18. The van der Waals surface area contributed by atoms with Gasteiger partial charge >= 0.3 is 0 Å². The van der Waals surface area contributed by atoms with E-state index in [9.17, 15) is 10.2 Å². The highest BCUT2D eigenvalue weighted by Gasteiger charge is 2.30. The van der Waals surface area contributed by atoms with E-state index in [-0.39, 0.29) is 11.5 Å². The average Bonchev–Trinajstić information content (AvgIpc) is 2.36. The second kappa shape index (κ2) is 7.04. The van der Waals surface area contributed by atoms with Crippen molar-refractivity contribution in [3.8, 4) is 0 Å². The average molecular weight is 265 g/mol. The minimum absolute atomic E-state index is 0.227. The van der Waals surface area contributed by atoms with Crippen LogP contribution in [0.1, 0.15) is 38.9 Å². The van der Waals surface area contributed by atoms with Crippen molar-refractivity contribution < 1.29 is 10.2 Å². The molecule has 1 aromatic carbocycles. The molecule has 0 spiro atoms. The van der Waals surface area contributed by atoms with E-state index in [0.717, 1.165) is 25.1 Å². The van der Waals surface area contributed by atoms with Gasteiger partial charge in [-0.2, -0.15) is 0 Å². The standard InChI is InChI=1S/C16H27NO2/c1-13(18)10-11-17(4)12-16(2,3)15(19)14-8-6-5-7-9-14/h5-9,13,15,18-19H,10-12H2,1-4H3. The Morgan fingerprint density at radius 1 is 1.16 bits per heavy atom. The molecule has 0 heterocycles. The maximum atomic E-state index is 10.5. The van der Waals surface area contributed by atoms with E-state index < -0.39 is 6.10 Å². The lowest BCUT2D eigenvalue weighted by Gasteiger charge is -2.35. The van der Waals surface area contributed by atoms with Crippen LogP contribution in [-0.2, 0) is 0 Å². The third-order valence-corrected chi connectivity index (χ3v) is 3.46. The van der Waals surface area contributed by atoms with Crippen LogP contribution in [-0.4, -0.2) is 41.4 Å². The van der Waals surface area contributed by atoms with Crippen molar-refractivity contribution in [3.63, 3.8) is 0 Å². The molecule has 0 radical (unpaired) electrons. The summed E-state index contributed by atoms with van der Waals surface area (Å²) in [5, 5.41) is 19.8. The maximum absolute atomic E-state index is 10.5. The van der Waals surface area contributed by atoms with Crippen molar-refractivity contribution in [3.05, 3.63) is 35.9 Å². The molecule has 19 heavy (non-hydrogen) atoms. The Labute approximate surface area is 116 Å². The summed E-state index contributed by atoms with van der Waals surface area (Å²) < 4.78 is 0. The minimum Gasteiger partial charge on any atom is -0.393 e. The van der Waals surface area contributed by atoms with E-state index in [4.69, 9.17) is 0 Å². The zero-order valence-electron chi connectivity index (χ0n) is 12.5. The third kappa shape index (κ3) is 5.31. The molecule has 0 amide bonds. The number of nitrogens with zero attached hydrogens (tertiary/aromatic N) is 1. The molecule has 1 aromatic rings. The zero-order chi connectivity index (χ0) is 14.5. The van der Waals surface area contributed by atoms with Crippen LogP contribution in [0.4, 0.5) is 0 Å². The molecule has 0 bridgehead atoms. The Morgan fingerprint density at radius 2 is 1.74 bits per heavy atom. The van der Waals surface area contributed by atoms with Gasteiger partial charge in [-0.1, -0.05) is 44.2 Å². The number of benzene rings is 1. The summed E-state index contributed by atoms with van der Waals surface area (Å²) in [6.45, 7) is 7.57. The number of hydrogen-bond donors (Lipinski definition) is 2. The van der Waals surface area contributed by atoms with Gasteiger partial charge in [-0.15, -0.1) is 0 Å². The second-order valence-electron chi connectivity index (χ2n) is 6.18. The molecule has 1 rings (SSSR count). The van der Waals surface area contributed by atoms with E-state index in [0.29, 0.717) is 0 Å². The highest BCUT2D eigenvalue weighted by atomic mass is 16.3. The molecule has 0 saturated heterocycles. The summed E-state index contributed by atoms with van der Waals surface area (Å²) in [7, 11) is 2.03. The molecule has 2 unspecified atom stereocenters. The van der Waals surface area contributed by atoms with Gasteiger partial charge in [-0.05, 0) is 26.0 Å². The summed E-state index contributed by atoms with van der Waals surface area (Å²) in [5.74, 6) is 0. The van der Waals surface area contributed by atoms with Gasteiger partial charge in [0.2, 0.25) is 0 Å². The van der Waals surface area contributed by atoms with Crippen LogP contribution >= 0.6 is 0 Å². The molecule has 0 saturated carbocycles. The van der Waals surface area contributed by atoms with Crippen molar-refractivity contribution in [2.45, 2.75) is 39.4 Å². The minimum atomic E-state index is -0.484. The number of aliphatic hydroxyl groups is 2. The van der Waals surface area contributed by atoms with Crippen LogP contribution in [0, 0.1) is 5.41 Å². The first-order valence-electron chi connectivity index (χ1n) is 6.92. The molecule has 2 N–H and O–H groups in total. The zero-order valence-corrected chi connectivity index (χ0v) is 12.5.